The molecule has 74 valence electrons. The van der Waals surface area contributed by atoms with E-state index in [1.54, 1.807) is 19.3 Å². The topological polar surface area (TPSA) is 81.5 Å². The second-order valence-corrected chi connectivity index (χ2v) is 3.25. The Morgan fingerprint density at radius 3 is 2.92 bits per heavy atom. The van der Waals surface area contributed by atoms with E-state index in [9.17, 15) is 0 Å². The molecule has 4 nitrogen and oxygen atoms in total. The van der Waals surface area contributed by atoms with Crippen LogP contribution in [0.15, 0.2) is 23.9 Å². The maximum absolute atomic E-state index is 8.85. The Morgan fingerprint density at radius 1 is 1.69 bits per heavy atom. The number of nitrogens with two attached hydrogens (primary N) is 2. The standard InChI is InChI=1S/C9H16N2O2/c1-13-8-3-2-7(10)6-9(8,11)4-5-12/h2-3,6,8,12H,4-5,10-11H2,1H3. The molecule has 0 aliphatic heterocycles. The Balaban J connectivity index is 2.84. The minimum atomic E-state index is -0.678. The Kier molecular flexibility index (Phi) is 3.08. The van der Waals surface area contributed by atoms with Crippen LogP contribution in [0.1, 0.15) is 6.42 Å². The average Bonchev–Trinajstić information content (AvgIpc) is 2.04. The number of allylic oxidation sites excluding steroid dienone is 1. The van der Waals surface area contributed by atoms with Gasteiger partial charge in [0.15, 0.2) is 0 Å². The number of ether oxygens (including phenoxy) is 1. The molecule has 0 saturated carbocycles. The number of aliphatic hydroxyl groups is 1. The SMILES string of the molecule is COC1C=CC(N)=CC1(N)CCO. The van der Waals surface area contributed by atoms with Crippen LogP contribution in [0.3, 0.4) is 0 Å². The maximum atomic E-state index is 8.85. The molecule has 0 heterocycles. The van der Waals surface area contributed by atoms with Crippen LogP contribution >= 0.6 is 0 Å². The van der Waals surface area contributed by atoms with Gasteiger partial charge in [0, 0.05) is 19.4 Å². The third-order valence-electron chi connectivity index (χ3n) is 2.23. The second-order valence-electron chi connectivity index (χ2n) is 3.25. The van der Waals surface area contributed by atoms with E-state index in [1.807, 2.05) is 6.08 Å². The zero-order chi connectivity index (χ0) is 9.90. The summed E-state index contributed by atoms with van der Waals surface area (Å²) in [5.74, 6) is 0. The van der Waals surface area contributed by atoms with Gasteiger partial charge < -0.3 is 21.3 Å². The molecule has 13 heavy (non-hydrogen) atoms. The molecule has 0 aromatic rings. The quantitative estimate of drug-likeness (QED) is 0.552. The van der Waals surface area contributed by atoms with Crippen molar-refractivity contribution in [2.75, 3.05) is 13.7 Å². The van der Waals surface area contributed by atoms with Crippen LogP contribution < -0.4 is 11.5 Å². The lowest BCUT2D eigenvalue weighted by atomic mass is 9.85. The zero-order valence-electron chi connectivity index (χ0n) is 7.73. The van der Waals surface area contributed by atoms with Gasteiger partial charge in [0.1, 0.15) is 0 Å². The van der Waals surface area contributed by atoms with Gasteiger partial charge in [0.2, 0.25) is 0 Å². The lowest BCUT2D eigenvalue weighted by Gasteiger charge is -2.34. The van der Waals surface area contributed by atoms with Crippen molar-refractivity contribution in [3.63, 3.8) is 0 Å². The first-order valence-corrected chi connectivity index (χ1v) is 4.21. The smallest absolute Gasteiger partial charge is 0.0972 e. The molecule has 1 rings (SSSR count). The van der Waals surface area contributed by atoms with Gasteiger partial charge in [0.05, 0.1) is 11.6 Å². The summed E-state index contributed by atoms with van der Waals surface area (Å²) in [6.45, 7) is 0.0218. The normalized spacial score (nSPS) is 33.2. The lowest BCUT2D eigenvalue weighted by Crippen LogP contribution is -2.51. The van der Waals surface area contributed by atoms with Gasteiger partial charge >= 0.3 is 0 Å². The van der Waals surface area contributed by atoms with Crippen LogP contribution in [-0.4, -0.2) is 30.5 Å². The zero-order valence-corrected chi connectivity index (χ0v) is 7.73. The lowest BCUT2D eigenvalue weighted by molar-refractivity contribution is 0.0760. The predicted octanol–water partition coefficient (Wildman–Crippen LogP) is -0.506. The summed E-state index contributed by atoms with van der Waals surface area (Å²) in [7, 11) is 1.59. The first kappa shape index (κ1) is 10.2. The van der Waals surface area contributed by atoms with Crippen LogP contribution in [0.25, 0.3) is 0 Å². The molecule has 1 aliphatic rings. The first-order valence-electron chi connectivity index (χ1n) is 4.21. The summed E-state index contributed by atoms with van der Waals surface area (Å²) < 4.78 is 5.18. The summed E-state index contributed by atoms with van der Waals surface area (Å²) in [6, 6.07) is 0. The Morgan fingerprint density at radius 2 is 2.38 bits per heavy atom. The molecule has 0 bridgehead atoms. The number of hydrogen-bond donors (Lipinski definition) is 3. The number of hydrogen-bond acceptors (Lipinski definition) is 4. The van der Waals surface area contributed by atoms with Gasteiger partial charge in [-0.15, -0.1) is 0 Å². The molecule has 0 saturated heterocycles. The van der Waals surface area contributed by atoms with Gasteiger partial charge in [-0.25, -0.2) is 0 Å². The summed E-state index contributed by atoms with van der Waals surface area (Å²) >= 11 is 0. The van der Waals surface area contributed by atoms with Gasteiger partial charge in [0.25, 0.3) is 0 Å². The van der Waals surface area contributed by atoms with Crippen LogP contribution in [0, 0.1) is 0 Å². The van der Waals surface area contributed by atoms with E-state index in [-0.39, 0.29) is 12.7 Å². The van der Waals surface area contributed by atoms with E-state index in [4.69, 9.17) is 21.3 Å². The summed E-state index contributed by atoms with van der Waals surface area (Å²) in [4.78, 5) is 0. The van der Waals surface area contributed by atoms with E-state index in [1.165, 1.54) is 0 Å². The van der Waals surface area contributed by atoms with Crippen molar-refractivity contribution in [2.24, 2.45) is 11.5 Å². The molecule has 2 atom stereocenters. The van der Waals surface area contributed by atoms with Gasteiger partial charge in [-0.1, -0.05) is 6.08 Å². The fourth-order valence-corrected chi connectivity index (χ4v) is 1.52. The molecule has 0 aromatic heterocycles. The van der Waals surface area contributed by atoms with E-state index < -0.39 is 5.54 Å². The van der Waals surface area contributed by atoms with E-state index in [0.717, 1.165) is 0 Å². The fourth-order valence-electron chi connectivity index (χ4n) is 1.52. The Labute approximate surface area is 77.9 Å². The highest BCUT2D eigenvalue weighted by molar-refractivity contribution is 5.31. The van der Waals surface area contributed by atoms with Crippen LogP contribution in [0.5, 0.6) is 0 Å². The van der Waals surface area contributed by atoms with Crippen molar-refractivity contribution in [1.82, 2.24) is 0 Å². The van der Waals surface area contributed by atoms with E-state index in [0.29, 0.717) is 12.1 Å². The highest BCUT2D eigenvalue weighted by Crippen LogP contribution is 2.22. The highest BCUT2D eigenvalue weighted by atomic mass is 16.5. The van der Waals surface area contributed by atoms with Gasteiger partial charge in [-0.2, -0.15) is 0 Å². The molecule has 4 heteroatoms. The summed E-state index contributed by atoms with van der Waals surface area (Å²) in [6.07, 6.45) is 5.53. The third-order valence-corrected chi connectivity index (χ3v) is 2.23. The fraction of sp³-hybridized carbons (Fsp3) is 0.556. The maximum Gasteiger partial charge on any atom is 0.0972 e. The number of aliphatic hydroxyl groups excluding tert-OH is 1. The van der Waals surface area contributed by atoms with Crippen molar-refractivity contribution in [3.05, 3.63) is 23.9 Å². The summed E-state index contributed by atoms with van der Waals surface area (Å²) in [5.41, 5.74) is 11.6. The molecule has 0 spiro atoms. The van der Waals surface area contributed by atoms with Gasteiger partial charge in [-0.05, 0) is 18.6 Å². The van der Waals surface area contributed by atoms with Crippen molar-refractivity contribution >= 4 is 0 Å². The third kappa shape index (κ3) is 2.09. The minimum Gasteiger partial charge on any atom is -0.399 e. The number of rotatable bonds is 3. The minimum absolute atomic E-state index is 0.0218. The largest absolute Gasteiger partial charge is 0.399 e. The van der Waals surface area contributed by atoms with Crippen molar-refractivity contribution in [1.29, 1.82) is 0 Å². The monoisotopic (exact) mass is 184 g/mol. The molecule has 0 radical (unpaired) electrons. The molecule has 5 N–H and O–H groups in total. The van der Waals surface area contributed by atoms with Crippen molar-refractivity contribution in [3.8, 4) is 0 Å². The molecule has 1 aliphatic carbocycles. The summed E-state index contributed by atoms with van der Waals surface area (Å²) in [5, 5.41) is 8.85. The van der Waals surface area contributed by atoms with Crippen molar-refractivity contribution in [2.45, 2.75) is 18.1 Å². The molecule has 0 amide bonds. The Hall–Kier alpha value is -0.840. The molecule has 0 aromatic carbocycles. The molecular weight excluding hydrogens is 168 g/mol. The average molecular weight is 184 g/mol. The van der Waals surface area contributed by atoms with Crippen LogP contribution in [-0.2, 0) is 4.74 Å². The van der Waals surface area contributed by atoms with Gasteiger partial charge in [-0.3, -0.25) is 0 Å². The van der Waals surface area contributed by atoms with E-state index >= 15 is 0 Å². The van der Waals surface area contributed by atoms with E-state index in [2.05, 4.69) is 0 Å². The van der Waals surface area contributed by atoms with Crippen molar-refractivity contribution < 1.29 is 9.84 Å². The molecule has 0 fully saturated rings. The highest BCUT2D eigenvalue weighted by Gasteiger charge is 2.33. The second kappa shape index (κ2) is 3.91. The first-order chi connectivity index (χ1) is 6.12. The predicted molar refractivity (Wildman–Crippen MR) is 50.8 cm³/mol. The molecule has 2 unspecified atom stereocenters. The number of methoxy groups -OCH3 is 1. The Bertz CT molecular complexity index is 238. The van der Waals surface area contributed by atoms with Crippen LogP contribution in [0.4, 0.5) is 0 Å². The molecular formula is C9H16N2O2. The van der Waals surface area contributed by atoms with Crippen LogP contribution in [0.2, 0.25) is 0 Å².